The third-order valence-electron chi connectivity index (χ3n) is 5.93. The van der Waals surface area contributed by atoms with Crippen LogP contribution in [-0.2, 0) is 17.8 Å². The number of ketones is 1. The summed E-state index contributed by atoms with van der Waals surface area (Å²) < 4.78 is 29.1. The molecule has 4 rings (SSSR count). The summed E-state index contributed by atoms with van der Waals surface area (Å²) in [6.45, 7) is 4.62. The molecule has 2 aromatic heterocycles. The van der Waals surface area contributed by atoms with Gasteiger partial charge >= 0.3 is 0 Å². The van der Waals surface area contributed by atoms with Crippen molar-refractivity contribution in [1.82, 2.24) is 9.55 Å². The van der Waals surface area contributed by atoms with E-state index >= 15 is 0 Å². The quantitative estimate of drug-likeness (QED) is 0.163. The molecule has 2 aromatic carbocycles. The predicted octanol–water partition coefficient (Wildman–Crippen LogP) is 6.28. The van der Waals surface area contributed by atoms with Crippen molar-refractivity contribution in [2.45, 2.75) is 39.2 Å². The SMILES string of the molecule is CO/N=C/c1ccc2c(C(=O)CCc3ccc(F)c(F)c3)c(C(C)C)n(Cc3ccccn3)c2c1. The highest BCUT2D eigenvalue weighted by Gasteiger charge is 2.25. The van der Waals surface area contributed by atoms with Gasteiger partial charge in [0.1, 0.15) is 7.11 Å². The molecule has 2 heterocycles. The van der Waals surface area contributed by atoms with E-state index < -0.39 is 11.6 Å². The van der Waals surface area contributed by atoms with Gasteiger partial charge in [0.25, 0.3) is 0 Å². The maximum absolute atomic E-state index is 13.7. The normalized spacial score (nSPS) is 11.6. The second kappa shape index (κ2) is 10.6. The van der Waals surface area contributed by atoms with Gasteiger partial charge in [-0.3, -0.25) is 9.78 Å². The number of benzene rings is 2. The Morgan fingerprint density at radius 3 is 2.63 bits per heavy atom. The van der Waals surface area contributed by atoms with Crippen LogP contribution in [0, 0.1) is 11.6 Å². The van der Waals surface area contributed by atoms with Gasteiger partial charge in [-0.1, -0.05) is 43.3 Å². The molecule has 0 spiro atoms. The average Bonchev–Trinajstić information content (AvgIpc) is 3.17. The van der Waals surface area contributed by atoms with E-state index in [-0.39, 0.29) is 18.1 Å². The molecule has 0 N–H and O–H groups in total. The van der Waals surface area contributed by atoms with Crippen LogP contribution in [0.5, 0.6) is 0 Å². The molecule has 4 aromatic rings. The van der Waals surface area contributed by atoms with Crippen molar-refractivity contribution in [1.29, 1.82) is 0 Å². The van der Waals surface area contributed by atoms with E-state index in [0.29, 0.717) is 24.1 Å². The Hall–Kier alpha value is -3.87. The van der Waals surface area contributed by atoms with E-state index in [4.69, 9.17) is 4.84 Å². The van der Waals surface area contributed by atoms with Gasteiger partial charge in [0.2, 0.25) is 0 Å². The van der Waals surface area contributed by atoms with E-state index in [1.165, 1.54) is 13.2 Å². The molecule has 35 heavy (non-hydrogen) atoms. The summed E-state index contributed by atoms with van der Waals surface area (Å²) in [6.07, 6.45) is 3.87. The number of carbonyl (C=O) groups is 1. The number of halogens is 2. The molecule has 0 fully saturated rings. The van der Waals surface area contributed by atoms with Crippen LogP contribution in [0.3, 0.4) is 0 Å². The second-order valence-corrected chi connectivity index (χ2v) is 8.69. The lowest BCUT2D eigenvalue weighted by Gasteiger charge is -2.15. The van der Waals surface area contributed by atoms with Gasteiger partial charge in [-0.05, 0) is 53.8 Å². The summed E-state index contributed by atoms with van der Waals surface area (Å²) in [5.41, 5.74) is 4.78. The third kappa shape index (κ3) is 5.29. The monoisotopic (exact) mass is 475 g/mol. The minimum absolute atomic E-state index is 0.0403. The molecule has 0 radical (unpaired) electrons. The second-order valence-electron chi connectivity index (χ2n) is 8.69. The molecule has 5 nitrogen and oxygen atoms in total. The summed E-state index contributed by atoms with van der Waals surface area (Å²) in [5, 5.41) is 4.71. The maximum atomic E-state index is 13.7. The number of aryl methyl sites for hydroxylation is 1. The van der Waals surface area contributed by atoms with Crippen LogP contribution in [0.1, 0.15) is 59.1 Å². The largest absolute Gasteiger partial charge is 0.399 e. The Bertz CT molecular complexity index is 1380. The highest BCUT2D eigenvalue weighted by molar-refractivity contribution is 6.10. The molecular weight excluding hydrogens is 448 g/mol. The molecule has 0 unspecified atom stereocenters. The van der Waals surface area contributed by atoms with Crippen molar-refractivity contribution in [3.63, 3.8) is 0 Å². The minimum Gasteiger partial charge on any atom is -0.399 e. The highest BCUT2D eigenvalue weighted by Crippen LogP contribution is 2.34. The average molecular weight is 476 g/mol. The van der Waals surface area contributed by atoms with Crippen molar-refractivity contribution in [3.8, 4) is 0 Å². The number of aromatic nitrogens is 2. The first kappa shape index (κ1) is 24.3. The van der Waals surface area contributed by atoms with Crippen LogP contribution in [0.25, 0.3) is 10.9 Å². The number of carbonyl (C=O) groups excluding carboxylic acids is 1. The van der Waals surface area contributed by atoms with Crippen molar-refractivity contribution < 1.29 is 18.4 Å². The van der Waals surface area contributed by atoms with Crippen LogP contribution in [0.15, 0.2) is 65.9 Å². The van der Waals surface area contributed by atoms with Crippen LogP contribution in [0.2, 0.25) is 0 Å². The molecule has 7 heteroatoms. The lowest BCUT2D eigenvalue weighted by molar-refractivity contribution is 0.0983. The van der Waals surface area contributed by atoms with Crippen LogP contribution >= 0.6 is 0 Å². The van der Waals surface area contributed by atoms with E-state index in [9.17, 15) is 13.6 Å². The Labute approximate surface area is 203 Å². The summed E-state index contributed by atoms with van der Waals surface area (Å²) in [6, 6.07) is 15.3. The molecule has 0 saturated heterocycles. The lowest BCUT2D eigenvalue weighted by atomic mass is 9.96. The molecule has 180 valence electrons. The number of hydrogen-bond acceptors (Lipinski definition) is 4. The van der Waals surface area contributed by atoms with Gasteiger partial charge in [-0.15, -0.1) is 0 Å². The number of hydrogen-bond donors (Lipinski definition) is 0. The van der Waals surface area contributed by atoms with Gasteiger partial charge in [0.15, 0.2) is 17.4 Å². The molecular formula is C28H27F2N3O2. The maximum Gasteiger partial charge on any atom is 0.165 e. The van der Waals surface area contributed by atoms with Gasteiger partial charge < -0.3 is 9.40 Å². The molecule has 0 aliphatic carbocycles. The Morgan fingerprint density at radius 1 is 1.11 bits per heavy atom. The fourth-order valence-electron chi connectivity index (χ4n) is 4.38. The van der Waals surface area contributed by atoms with Gasteiger partial charge in [-0.25, -0.2) is 8.78 Å². The first-order chi connectivity index (χ1) is 16.9. The summed E-state index contributed by atoms with van der Waals surface area (Å²) >= 11 is 0. The highest BCUT2D eigenvalue weighted by atomic mass is 19.2. The lowest BCUT2D eigenvalue weighted by Crippen LogP contribution is -2.11. The van der Waals surface area contributed by atoms with Gasteiger partial charge in [0, 0.05) is 34.8 Å². The Morgan fingerprint density at radius 2 is 1.94 bits per heavy atom. The molecule has 0 saturated carbocycles. The molecule has 0 bridgehead atoms. The first-order valence-corrected chi connectivity index (χ1v) is 11.5. The topological polar surface area (TPSA) is 56.5 Å². The fourth-order valence-corrected chi connectivity index (χ4v) is 4.38. The van der Waals surface area contributed by atoms with E-state index in [1.807, 2.05) is 36.4 Å². The predicted molar refractivity (Wildman–Crippen MR) is 133 cm³/mol. The fraction of sp³-hybridized carbons (Fsp3) is 0.250. The van der Waals surface area contributed by atoms with Gasteiger partial charge in [-0.2, -0.15) is 0 Å². The number of oxime groups is 1. The van der Waals surface area contributed by atoms with Crippen LogP contribution in [-0.4, -0.2) is 28.7 Å². The summed E-state index contributed by atoms with van der Waals surface area (Å²) in [5.74, 6) is -1.78. The zero-order chi connectivity index (χ0) is 24.9. The smallest absolute Gasteiger partial charge is 0.165 e. The summed E-state index contributed by atoms with van der Waals surface area (Å²) in [7, 11) is 1.49. The van der Waals surface area contributed by atoms with E-state index in [1.54, 1.807) is 12.4 Å². The molecule has 0 aliphatic rings. The van der Waals surface area contributed by atoms with Crippen LogP contribution in [0.4, 0.5) is 8.78 Å². The number of nitrogens with zero attached hydrogens (tertiary/aromatic N) is 3. The standard InChI is InChI=1S/C28H27F2N3O2/c1-18(2)28-27(26(34)12-9-19-8-11-23(29)24(30)14-19)22-10-7-20(16-32-35-3)15-25(22)33(28)17-21-6-4-5-13-31-21/h4-8,10-11,13-16,18H,9,12,17H2,1-3H3/b32-16+. The van der Waals surface area contributed by atoms with Crippen molar-refractivity contribution in [2.24, 2.45) is 5.16 Å². The van der Waals surface area contributed by atoms with Crippen molar-refractivity contribution in [2.75, 3.05) is 7.11 Å². The minimum atomic E-state index is -0.907. The zero-order valence-corrected chi connectivity index (χ0v) is 20.0. The molecule has 0 amide bonds. The number of Topliss-reactive ketones (excluding diaryl/α,β-unsaturated/α-hetero) is 1. The Kier molecular flexibility index (Phi) is 7.34. The van der Waals surface area contributed by atoms with Crippen LogP contribution < -0.4 is 0 Å². The number of pyridine rings is 1. The number of fused-ring (bicyclic) bond motifs is 1. The van der Waals surface area contributed by atoms with E-state index in [2.05, 4.69) is 28.6 Å². The molecule has 0 atom stereocenters. The zero-order valence-electron chi connectivity index (χ0n) is 20.0. The Balaban J connectivity index is 1.79. The third-order valence-corrected chi connectivity index (χ3v) is 5.93. The summed E-state index contributed by atoms with van der Waals surface area (Å²) in [4.78, 5) is 22.9. The molecule has 0 aliphatic heterocycles. The van der Waals surface area contributed by atoms with Gasteiger partial charge in [0.05, 0.1) is 18.5 Å². The van der Waals surface area contributed by atoms with E-state index in [0.717, 1.165) is 40.0 Å². The van der Waals surface area contributed by atoms with Crippen molar-refractivity contribution in [3.05, 3.63) is 101 Å². The van der Waals surface area contributed by atoms with Crippen molar-refractivity contribution >= 4 is 22.9 Å². The first-order valence-electron chi connectivity index (χ1n) is 11.5. The number of rotatable bonds is 9.